The molecule has 1 heterocycles. The number of likely N-dealkylation sites (tertiary alicyclic amines) is 1. The maximum absolute atomic E-state index is 12.1. The number of anilines is 1. The summed E-state index contributed by atoms with van der Waals surface area (Å²) >= 11 is 0. The van der Waals surface area contributed by atoms with Crippen molar-refractivity contribution in [1.29, 1.82) is 0 Å². The van der Waals surface area contributed by atoms with E-state index in [0.717, 1.165) is 43.7 Å². The monoisotopic (exact) mass is 304 g/mol. The van der Waals surface area contributed by atoms with Gasteiger partial charge in [0, 0.05) is 12.2 Å². The van der Waals surface area contributed by atoms with Gasteiger partial charge in [-0.05, 0) is 50.9 Å². The third-order valence-electron chi connectivity index (χ3n) is 4.05. The Bertz CT molecular complexity index is 470. The molecule has 4 heteroatoms. The van der Waals surface area contributed by atoms with E-state index in [9.17, 15) is 4.79 Å². The number of ether oxygens (including phenoxy) is 1. The van der Waals surface area contributed by atoms with Crippen LogP contribution in [0.25, 0.3) is 0 Å². The summed E-state index contributed by atoms with van der Waals surface area (Å²) in [5.41, 5.74) is 2.02. The second-order valence-corrected chi connectivity index (χ2v) is 6.11. The van der Waals surface area contributed by atoms with Gasteiger partial charge >= 0.3 is 6.09 Å². The Morgan fingerprint density at radius 3 is 2.73 bits per heavy atom. The van der Waals surface area contributed by atoms with E-state index >= 15 is 0 Å². The van der Waals surface area contributed by atoms with Crippen molar-refractivity contribution >= 4 is 11.8 Å². The minimum Gasteiger partial charge on any atom is -0.445 e. The maximum Gasteiger partial charge on any atom is 0.411 e. The number of benzene rings is 1. The van der Waals surface area contributed by atoms with Gasteiger partial charge in [-0.1, -0.05) is 38.0 Å². The smallest absolute Gasteiger partial charge is 0.411 e. The molecule has 0 aliphatic carbocycles. The minimum absolute atomic E-state index is 0.0866. The van der Waals surface area contributed by atoms with Gasteiger partial charge in [0.15, 0.2) is 0 Å². The highest BCUT2D eigenvalue weighted by Gasteiger charge is 2.16. The number of aryl methyl sites for hydroxylation is 1. The normalized spacial score (nSPS) is 17.0. The van der Waals surface area contributed by atoms with Crippen LogP contribution in [0.15, 0.2) is 24.3 Å². The highest BCUT2D eigenvalue weighted by atomic mass is 16.6. The van der Waals surface area contributed by atoms with Crippen LogP contribution in [0.3, 0.4) is 0 Å². The second-order valence-electron chi connectivity index (χ2n) is 6.11. The predicted octanol–water partition coefficient (Wildman–Crippen LogP) is 4.06. The first-order valence-corrected chi connectivity index (χ1v) is 8.47. The number of carbonyl (C=O) groups is 1. The first-order valence-electron chi connectivity index (χ1n) is 8.47. The zero-order valence-electron chi connectivity index (χ0n) is 13.8. The summed E-state index contributed by atoms with van der Waals surface area (Å²) in [7, 11) is 0. The molecule has 22 heavy (non-hydrogen) atoms. The van der Waals surface area contributed by atoms with Crippen LogP contribution in [0, 0.1) is 0 Å². The van der Waals surface area contributed by atoms with Crippen molar-refractivity contribution in [3.8, 4) is 0 Å². The van der Waals surface area contributed by atoms with Gasteiger partial charge in [-0.2, -0.15) is 0 Å². The van der Waals surface area contributed by atoms with Crippen LogP contribution in [0.5, 0.6) is 0 Å². The van der Waals surface area contributed by atoms with Crippen molar-refractivity contribution in [1.82, 2.24) is 4.90 Å². The average Bonchev–Trinajstić information content (AvgIpc) is 2.50. The summed E-state index contributed by atoms with van der Waals surface area (Å²) in [4.78, 5) is 14.5. The van der Waals surface area contributed by atoms with Gasteiger partial charge in [0.2, 0.25) is 0 Å². The van der Waals surface area contributed by atoms with Gasteiger partial charge in [-0.15, -0.1) is 0 Å². The van der Waals surface area contributed by atoms with Gasteiger partial charge in [-0.3, -0.25) is 10.2 Å². The quantitative estimate of drug-likeness (QED) is 0.861. The fraction of sp³-hybridized carbons (Fsp3) is 0.611. The molecule has 1 N–H and O–H groups in total. The lowest BCUT2D eigenvalue weighted by atomic mass is 10.1. The molecule has 1 saturated heterocycles. The molecule has 0 unspecified atom stereocenters. The SMILES string of the molecule is CCCc1ccccc1NC(=O)O[C@H](C)CN1CCCCC1. The summed E-state index contributed by atoms with van der Waals surface area (Å²) in [6.07, 6.45) is 5.40. The van der Waals surface area contributed by atoms with Crippen molar-refractivity contribution < 1.29 is 9.53 Å². The lowest BCUT2D eigenvalue weighted by Gasteiger charge is -2.28. The van der Waals surface area contributed by atoms with Crippen molar-refractivity contribution in [3.05, 3.63) is 29.8 Å². The summed E-state index contributed by atoms with van der Waals surface area (Å²) in [5.74, 6) is 0. The fourth-order valence-electron chi connectivity index (χ4n) is 2.99. The summed E-state index contributed by atoms with van der Waals surface area (Å²) in [6, 6.07) is 7.92. The van der Waals surface area contributed by atoms with Crippen molar-refractivity contribution in [2.45, 2.75) is 52.1 Å². The molecule has 1 aromatic rings. The number of nitrogens with zero attached hydrogens (tertiary/aromatic N) is 1. The topological polar surface area (TPSA) is 41.6 Å². The number of hydrogen-bond donors (Lipinski definition) is 1. The van der Waals surface area contributed by atoms with Crippen LogP contribution in [0.1, 0.15) is 45.1 Å². The van der Waals surface area contributed by atoms with Crippen LogP contribution >= 0.6 is 0 Å². The number of para-hydroxylation sites is 1. The Morgan fingerprint density at radius 1 is 1.27 bits per heavy atom. The molecule has 0 saturated carbocycles. The molecule has 4 nitrogen and oxygen atoms in total. The molecule has 1 fully saturated rings. The highest BCUT2D eigenvalue weighted by Crippen LogP contribution is 2.17. The standard InChI is InChI=1S/C18H28N2O2/c1-3-9-16-10-5-6-11-17(16)19-18(21)22-15(2)14-20-12-7-4-8-13-20/h5-6,10-11,15H,3-4,7-9,12-14H2,1-2H3,(H,19,21)/t15-/m1/s1. The molecule has 122 valence electrons. The summed E-state index contributed by atoms with van der Waals surface area (Å²) < 4.78 is 5.50. The van der Waals surface area contributed by atoms with Crippen molar-refractivity contribution in [2.75, 3.05) is 25.0 Å². The van der Waals surface area contributed by atoms with Crippen LogP contribution in [0.4, 0.5) is 10.5 Å². The van der Waals surface area contributed by atoms with E-state index < -0.39 is 0 Å². The molecule has 1 atom stereocenters. The van der Waals surface area contributed by atoms with Gasteiger partial charge in [0.1, 0.15) is 6.10 Å². The molecule has 1 amide bonds. The molecule has 0 bridgehead atoms. The molecular weight excluding hydrogens is 276 g/mol. The lowest BCUT2D eigenvalue weighted by Crippen LogP contribution is -2.37. The first-order chi connectivity index (χ1) is 10.7. The molecule has 1 aliphatic rings. The Labute approximate surface area is 133 Å². The van der Waals surface area contributed by atoms with E-state index in [2.05, 4.69) is 23.2 Å². The number of piperidine rings is 1. The molecule has 1 aliphatic heterocycles. The maximum atomic E-state index is 12.1. The predicted molar refractivity (Wildman–Crippen MR) is 90.3 cm³/mol. The highest BCUT2D eigenvalue weighted by molar-refractivity contribution is 5.85. The number of rotatable bonds is 6. The molecule has 1 aromatic carbocycles. The summed E-state index contributed by atoms with van der Waals surface area (Å²) in [5, 5.41) is 2.88. The van der Waals surface area contributed by atoms with Gasteiger partial charge in [0.05, 0.1) is 0 Å². The number of nitrogens with one attached hydrogen (secondary N) is 1. The number of amides is 1. The molecule has 0 spiro atoms. The van der Waals surface area contributed by atoms with E-state index in [0.29, 0.717) is 0 Å². The van der Waals surface area contributed by atoms with E-state index in [1.54, 1.807) is 0 Å². The van der Waals surface area contributed by atoms with E-state index in [1.165, 1.54) is 19.3 Å². The Morgan fingerprint density at radius 2 is 2.00 bits per heavy atom. The third kappa shape index (κ3) is 5.34. The number of carbonyl (C=O) groups excluding carboxylic acids is 1. The minimum atomic E-state index is -0.354. The fourth-order valence-corrected chi connectivity index (χ4v) is 2.99. The van der Waals surface area contributed by atoms with E-state index in [-0.39, 0.29) is 12.2 Å². The zero-order valence-corrected chi connectivity index (χ0v) is 13.8. The van der Waals surface area contributed by atoms with Crippen LogP contribution in [0.2, 0.25) is 0 Å². The van der Waals surface area contributed by atoms with Crippen LogP contribution in [-0.2, 0) is 11.2 Å². The Hall–Kier alpha value is -1.55. The average molecular weight is 304 g/mol. The molecule has 0 radical (unpaired) electrons. The Balaban J connectivity index is 1.81. The van der Waals surface area contributed by atoms with E-state index in [4.69, 9.17) is 4.74 Å². The van der Waals surface area contributed by atoms with Gasteiger partial charge < -0.3 is 4.74 Å². The zero-order chi connectivity index (χ0) is 15.8. The third-order valence-corrected chi connectivity index (χ3v) is 4.05. The molecular formula is C18H28N2O2. The lowest BCUT2D eigenvalue weighted by molar-refractivity contribution is 0.0833. The van der Waals surface area contributed by atoms with Gasteiger partial charge in [0.25, 0.3) is 0 Å². The Kier molecular flexibility index (Phi) is 6.72. The van der Waals surface area contributed by atoms with Crippen LogP contribution in [-0.4, -0.2) is 36.7 Å². The molecule has 0 aromatic heterocycles. The van der Waals surface area contributed by atoms with Crippen molar-refractivity contribution in [2.24, 2.45) is 0 Å². The number of hydrogen-bond acceptors (Lipinski definition) is 3. The van der Waals surface area contributed by atoms with Crippen molar-refractivity contribution in [3.63, 3.8) is 0 Å². The van der Waals surface area contributed by atoms with Crippen LogP contribution < -0.4 is 5.32 Å². The summed E-state index contributed by atoms with van der Waals surface area (Å²) in [6.45, 7) is 7.16. The molecule has 2 rings (SSSR count). The second kappa shape index (κ2) is 8.79. The van der Waals surface area contributed by atoms with E-state index in [1.807, 2.05) is 25.1 Å². The van der Waals surface area contributed by atoms with Gasteiger partial charge in [-0.25, -0.2) is 4.79 Å². The first kappa shape index (κ1) is 16.8. The largest absolute Gasteiger partial charge is 0.445 e.